The Labute approximate surface area is 116 Å². The number of hydrogen-bond acceptors (Lipinski definition) is 7. The Bertz CT molecular complexity index is 424. The minimum absolute atomic E-state index is 0.245. The molecule has 2 rings (SSSR count). The fourth-order valence-electron chi connectivity index (χ4n) is 2.17. The van der Waals surface area contributed by atoms with Crippen LogP contribution in [0.15, 0.2) is 0 Å². The van der Waals surface area contributed by atoms with Gasteiger partial charge in [-0.15, -0.1) is 5.10 Å². The summed E-state index contributed by atoms with van der Waals surface area (Å²) in [4.78, 5) is 13.8. The predicted octanol–water partition coefficient (Wildman–Crippen LogP) is 1.58. The van der Waals surface area contributed by atoms with E-state index < -0.39 is 5.97 Å². The molecule has 0 aromatic carbocycles. The highest BCUT2D eigenvalue weighted by Crippen LogP contribution is 2.21. The summed E-state index contributed by atoms with van der Waals surface area (Å²) >= 11 is 1.13. The van der Waals surface area contributed by atoms with Crippen LogP contribution in [0.25, 0.3) is 0 Å². The van der Waals surface area contributed by atoms with Gasteiger partial charge in [-0.2, -0.15) is 0 Å². The molecule has 0 radical (unpaired) electrons. The summed E-state index contributed by atoms with van der Waals surface area (Å²) in [5, 5.41) is 8.27. The maximum atomic E-state index is 11.4. The van der Waals surface area contributed by atoms with Crippen molar-refractivity contribution in [2.75, 3.05) is 26.8 Å². The summed E-state index contributed by atoms with van der Waals surface area (Å²) in [6, 6.07) is 0.595. The van der Waals surface area contributed by atoms with E-state index in [9.17, 15) is 4.79 Å². The van der Waals surface area contributed by atoms with Gasteiger partial charge in [0.15, 0.2) is 0 Å². The first-order valence-electron chi connectivity index (χ1n) is 6.54. The predicted molar refractivity (Wildman–Crippen MR) is 71.6 cm³/mol. The van der Waals surface area contributed by atoms with Crippen LogP contribution in [0.1, 0.15) is 36.0 Å². The van der Waals surface area contributed by atoms with Crippen molar-refractivity contribution < 1.29 is 14.3 Å². The molecule has 0 aliphatic carbocycles. The molecule has 7 heteroatoms. The van der Waals surface area contributed by atoms with Crippen molar-refractivity contribution in [3.05, 3.63) is 5.01 Å². The SMILES string of the molecule is CCOC(=O)c1nnc(OCCC2CCCN2C)s1. The molecule has 0 amide bonds. The van der Waals surface area contributed by atoms with Gasteiger partial charge in [0.25, 0.3) is 5.19 Å². The largest absolute Gasteiger partial charge is 0.469 e. The lowest BCUT2D eigenvalue weighted by molar-refractivity contribution is 0.0525. The van der Waals surface area contributed by atoms with Gasteiger partial charge >= 0.3 is 5.97 Å². The van der Waals surface area contributed by atoms with Crippen LogP contribution in [0.2, 0.25) is 0 Å². The van der Waals surface area contributed by atoms with E-state index in [2.05, 4.69) is 22.1 Å². The fraction of sp³-hybridized carbons (Fsp3) is 0.750. The molecule has 1 aliphatic heterocycles. The number of esters is 1. The fourth-order valence-corrected chi connectivity index (χ4v) is 2.78. The van der Waals surface area contributed by atoms with Gasteiger partial charge in [0, 0.05) is 6.04 Å². The van der Waals surface area contributed by atoms with Gasteiger partial charge in [-0.3, -0.25) is 0 Å². The molecule has 0 bridgehead atoms. The maximum absolute atomic E-state index is 11.4. The van der Waals surface area contributed by atoms with Crippen molar-refractivity contribution in [3.63, 3.8) is 0 Å². The topological polar surface area (TPSA) is 64.5 Å². The summed E-state index contributed by atoms with van der Waals surface area (Å²) in [7, 11) is 2.14. The van der Waals surface area contributed by atoms with Crippen LogP contribution in [0.4, 0.5) is 0 Å². The Morgan fingerprint density at radius 3 is 3.05 bits per heavy atom. The first-order valence-corrected chi connectivity index (χ1v) is 7.36. The van der Waals surface area contributed by atoms with Crippen LogP contribution < -0.4 is 4.74 Å². The van der Waals surface area contributed by atoms with E-state index in [1.807, 2.05) is 0 Å². The average Bonchev–Trinajstić information content (AvgIpc) is 3.00. The number of hydrogen-bond donors (Lipinski definition) is 0. The van der Waals surface area contributed by atoms with Crippen molar-refractivity contribution in [1.82, 2.24) is 15.1 Å². The summed E-state index contributed by atoms with van der Waals surface area (Å²) in [6.07, 6.45) is 3.46. The molecule has 0 spiro atoms. The van der Waals surface area contributed by atoms with Crippen LogP contribution in [0.3, 0.4) is 0 Å². The summed E-state index contributed by atoms with van der Waals surface area (Å²) in [5.41, 5.74) is 0. The lowest BCUT2D eigenvalue weighted by Crippen LogP contribution is -2.26. The summed E-state index contributed by atoms with van der Waals surface area (Å²) in [6.45, 7) is 3.86. The molecule has 1 unspecified atom stereocenters. The summed E-state index contributed by atoms with van der Waals surface area (Å²) < 4.78 is 10.4. The Hall–Kier alpha value is -1.21. The third kappa shape index (κ3) is 3.87. The molecule has 1 fully saturated rings. The molecule has 106 valence electrons. The molecule has 2 heterocycles. The van der Waals surface area contributed by atoms with Crippen LogP contribution >= 0.6 is 11.3 Å². The number of likely N-dealkylation sites (tertiary alicyclic amines) is 1. The molecule has 6 nitrogen and oxygen atoms in total. The Morgan fingerprint density at radius 2 is 2.37 bits per heavy atom. The zero-order chi connectivity index (χ0) is 13.7. The average molecular weight is 285 g/mol. The van der Waals surface area contributed by atoms with Crippen molar-refractivity contribution in [1.29, 1.82) is 0 Å². The quantitative estimate of drug-likeness (QED) is 0.739. The van der Waals surface area contributed by atoms with Gasteiger partial charge < -0.3 is 14.4 Å². The van der Waals surface area contributed by atoms with Crippen molar-refractivity contribution in [3.8, 4) is 5.19 Å². The second-order valence-electron chi connectivity index (χ2n) is 4.51. The standard InChI is InChI=1S/C12H19N3O3S/c1-3-17-11(16)10-13-14-12(19-10)18-8-6-9-5-4-7-15(9)2/h9H,3-8H2,1-2H3. The van der Waals surface area contributed by atoms with Gasteiger partial charge in [0.2, 0.25) is 5.01 Å². The van der Waals surface area contributed by atoms with Gasteiger partial charge in [-0.1, -0.05) is 5.10 Å². The van der Waals surface area contributed by atoms with E-state index in [0.717, 1.165) is 24.3 Å². The third-order valence-electron chi connectivity index (χ3n) is 3.20. The highest BCUT2D eigenvalue weighted by molar-refractivity contribution is 7.14. The van der Waals surface area contributed by atoms with E-state index >= 15 is 0 Å². The maximum Gasteiger partial charge on any atom is 0.369 e. The molecule has 19 heavy (non-hydrogen) atoms. The third-order valence-corrected chi connectivity index (χ3v) is 4.02. The molecule has 1 aromatic heterocycles. The van der Waals surface area contributed by atoms with Crippen LogP contribution in [0.5, 0.6) is 5.19 Å². The van der Waals surface area contributed by atoms with E-state index in [1.54, 1.807) is 6.92 Å². The van der Waals surface area contributed by atoms with E-state index in [-0.39, 0.29) is 5.01 Å². The van der Waals surface area contributed by atoms with Crippen LogP contribution in [-0.2, 0) is 4.74 Å². The zero-order valence-corrected chi connectivity index (χ0v) is 12.1. The zero-order valence-electron chi connectivity index (χ0n) is 11.3. The van der Waals surface area contributed by atoms with E-state index in [1.165, 1.54) is 12.8 Å². The Morgan fingerprint density at radius 1 is 1.53 bits per heavy atom. The molecular weight excluding hydrogens is 266 g/mol. The van der Waals surface area contributed by atoms with Gasteiger partial charge in [-0.05, 0) is 51.1 Å². The Kier molecular flexibility index (Phi) is 5.09. The number of aromatic nitrogens is 2. The lowest BCUT2D eigenvalue weighted by atomic mass is 10.2. The molecule has 1 aromatic rings. The number of ether oxygens (including phenoxy) is 2. The van der Waals surface area contributed by atoms with Crippen LogP contribution in [0, 0.1) is 0 Å². The van der Waals surface area contributed by atoms with Gasteiger partial charge in [0.05, 0.1) is 13.2 Å². The molecule has 1 aliphatic rings. The monoisotopic (exact) mass is 285 g/mol. The Balaban J connectivity index is 1.75. The second kappa shape index (κ2) is 6.81. The second-order valence-corrected chi connectivity index (χ2v) is 5.45. The minimum atomic E-state index is -0.439. The number of rotatable bonds is 6. The molecule has 0 N–H and O–H groups in total. The normalized spacial score (nSPS) is 19.6. The lowest BCUT2D eigenvalue weighted by Gasteiger charge is -2.18. The number of carbonyl (C=O) groups is 1. The molecule has 0 saturated carbocycles. The van der Waals surface area contributed by atoms with Crippen molar-refractivity contribution in [2.24, 2.45) is 0 Å². The first kappa shape index (κ1) is 14.2. The summed E-state index contributed by atoms with van der Waals surface area (Å²) in [5.74, 6) is -0.439. The van der Waals surface area contributed by atoms with Gasteiger partial charge in [0.1, 0.15) is 0 Å². The smallest absolute Gasteiger partial charge is 0.369 e. The highest BCUT2D eigenvalue weighted by Gasteiger charge is 2.21. The first-order chi connectivity index (χ1) is 9.20. The van der Waals surface area contributed by atoms with Crippen molar-refractivity contribution in [2.45, 2.75) is 32.2 Å². The minimum Gasteiger partial charge on any atom is -0.469 e. The highest BCUT2D eigenvalue weighted by atomic mass is 32.1. The van der Waals surface area contributed by atoms with Gasteiger partial charge in [-0.25, -0.2) is 4.79 Å². The molecule has 1 atom stereocenters. The number of nitrogens with zero attached hydrogens (tertiary/aromatic N) is 3. The molecular formula is C12H19N3O3S. The number of carbonyl (C=O) groups excluding carboxylic acids is 1. The van der Waals surface area contributed by atoms with Crippen LogP contribution in [-0.4, -0.2) is 53.9 Å². The molecule has 1 saturated heterocycles. The van der Waals surface area contributed by atoms with E-state index in [0.29, 0.717) is 24.4 Å². The van der Waals surface area contributed by atoms with Crippen molar-refractivity contribution >= 4 is 17.3 Å². The van der Waals surface area contributed by atoms with E-state index in [4.69, 9.17) is 9.47 Å².